The maximum Gasteiger partial charge on any atom is 0.200 e. The minimum atomic E-state index is -3.27. The van der Waals surface area contributed by atoms with Gasteiger partial charge in [0, 0.05) is 23.3 Å². The van der Waals surface area contributed by atoms with E-state index in [1.807, 2.05) is 6.07 Å². The van der Waals surface area contributed by atoms with E-state index in [9.17, 15) is 8.42 Å². The Kier molecular flexibility index (Phi) is 2.62. The van der Waals surface area contributed by atoms with Crippen LogP contribution >= 0.6 is 12.6 Å². The lowest BCUT2D eigenvalue weighted by Crippen LogP contribution is -2.03. The molecular formula is C10H11NO2S2. The van der Waals surface area contributed by atoms with Crippen LogP contribution in [0.15, 0.2) is 28.5 Å². The number of fused-ring (bicyclic) bond motifs is 1. The van der Waals surface area contributed by atoms with Crippen LogP contribution in [0.4, 0.5) is 0 Å². The van der Waals surface area contributed by atoms with Crippen LogP contribution in [-0.4, -0.2) is 14.2 Å². The van der Waals surface area contributed by atoms with Crippen molar-refractivity contribution in [2.45, 2.75) is 11.4 Å². The summed E-state index contributed by atoms with van der Waals surface area (Å²) in [6, 6.07) is 5.17. The van der Waals surface area contributed by atoms with E-state index in [0.29, 0.717) is 17.2 Å². The predicted octanol–water partition coefficient (Wildman–Crippen LogP) is 1.20. The van der Waals surface area contributed by atoms with Crippen LogP contribution in [0.5, 0.6) is 0 Å². The fraction of sp³-hybridized carbons (Fsp3) is 0.200. The number of rotatable bonds is 2. The van der Waals surface area contributed by atoms with Crippen molar-refractivity contribution in [3.8, 4) is 0 Å². The van der Waals surface area contributed by atoms with E-state index < -0.39 is 9.84 Å². The smallest absolute Gasteiger partial charge is 0.200 e. The molecule has 0 radical (unpaired) electrons. The molecule has 1 aromatic carbocycles. The monoisotopic (exact) mass is 241 g/mol. The minimum Gasteiger partial charge on any atom is -0.326 e. The number of hydrogen-bond donors (Lipinski definition) is 2. The van der Waals surface area contributed by atoms with Crippen molar-refractivity contribution < 1.29 is 8.42 Å². The summed E-state index contributed by atoms with van der Waals surface area (Å²) in [6.07, 6.45) is 0. The van der Waals surface area contributed by atoms with Crippen LogP contribution in [0.3, 0.4) is 0 Å². The molecule has 0 atom stereocenters. The van der Waals surface area contributed by atoms with Gasteiger partial charge in [-0.2, -0.15) is 12.6 Å². The van der Waals surface area contributed by atoms with Crippen LogP contribution in [0, 0.1) is 0 Å². The van der Waals surface area contributed by atoms with Crippen molar-refractivity contribution in [3.63, 3.8) is 0 Å². The molecule has 0 saturated heterocycles. The molecule has 0 bridgehead atoms. The molecule has 1 aromatic rings. The molecule has 0 fully saturated rings. The second kappa shape index (κ2) is 3.66. The van der Waals surface area contributed by atoms with Gasteiger partial charge in [-0.1, -0.05) is 12.1 Å². The third-order valence-corrected chi connectivity index (χ3v) is 4.32. The Morgan fingerprint density at radius 2 is 2.07 bits per heavy atom. The highest BCUT2D eigenvalue weighted by atomic mass is 32.2. The van der Waals surface area contributed by atoms with Gasteiger partial charge in [-0.3, -0.25) is 0 Å². The number of nitrogens with two attached hydrogens (primary N) is 1. The van der Waals surface area contributed by atoms with Crippen LogP contribution in [0.25, 0.3) is 5.57 Å². The summed E-state index contributed by atoms with van der Waals surface area (Å²) in [4.78, 5) is 0.356. The zero-order valence-corrected chi connectivity index (χ0v) is 9.68. The molecule has 0 saturated carbocycles. The van der Waals surface area contributed by atoms with Crippen molar-refractivity contribution in [2.75, 3.05) is 5.75 Å². The molecule has 1 heterocycles. The van der Waals surface area contributed by atoms with Crippen molar-refractivity contribution in [3.05, 3.63) is 34.7 Å². The van der Waals surface area contributed by atoms with E-state index >= 15 is 0 Å². The van der Waals surface area contributed by atoms with Crippen LogP contribution in [-0.2, 0) is 16.4 Å². The molecule has 0 aliphatic carbocycles. The standard InChI is InChI=1S/C10H11NO2S2/c11-4-7-2-1-3-9-10(7)8(5-14)6-15(9,12)13/h1-3,6,14H,4-5,11H2. The Morgan fingerprint density at radius 1 is 1.33 bits per heavy atom. The van der Waals surface area contributed by atoms with E-state index in [-0.39, 0.29) is 0 Å². The zero-order chi connectivity index (χ0) is 11.1. The van der Waals surface area contributed by atoms with Crippen molar-refractivity contribution in [1.82, 2.24) is 0 Å². The number of hydrogen-bond acceptors (Lipinski definition) is 4. The molecule has 5 heteroatoms. The molecule has 15 heavy (non-hydrogen) atoms. The first-order chi connectivity index (χ1) is 7.10. The summed E-state index contributed by atoms with van der Waals surface area (Å²) in [5, 5.41) is 1.28. The molecule has 2 N–H and O–H groups in total. The van der Waals surface area contributed by atoms with E-state index in [1.54, 1.807) is 12.1 Å². The molecular weight excluding hydrogens is 230 g/mol. The van der Waals surface area contributed by atoms with Gasteiger partial charge in [0.25, 0.3) is 0 Å². The van der Waals surface area contributed by atoms with Gasteiger partial charge in [-0.05, 0) is 17.2 Å². The first kappa shape index (κ1) is 10.7. The Balaban J connectivity index is 2.78. The van der Waals surface area contributed by atoms with Crippen LogP contribution < -0.4 is 5.73 Å². The Hall–Kier alpha value is -0.780. The molecule has 0 aromatic heterocycles. The quantitative estimate of drug-likeness (QED) is 0.765. The van der Waals surface area contributed by atoms with E-state index in [2.05, 4.69) is 12.6 Å². The molecule has 0 unspecified atom stereocenters. The molecule has 3 nitrogen and oxygen atoms in total. The Bertz CT molecular complexity index is 532. The second-order valence-corrected chi connectivity index (χ2v) is 5.42. The summed E-state index contributed by atoms with van der Waals surface area (Å²) in [5.74, 6) is 0.406. The van der Waals surface area contributed by atoms with Crippen LogP contribution in [0.2, 0.25) is 0 Å². The summed E-state index contributed by atoms with van der Waals surface area (Å²) < 4.78 is 23.5. The fourth-order valence-corrected chi connectivity index (χ4v) is 3.66. The van der Waals surface area contributed by atoms with E-state index in [0.717, 1.165) is 16.7 Å². The maximum atomic E-state index is 11.7. The number of benzene rings is 1. The third kappa shape index (κ3) is 1.60. The van der Waals surface area contributed by atoms with Crippen molar-refractivity contribution in [1.29, 1.82) is 0 Å². The predicted molar refractivity (Wildman–Crippen MR) is 63.3 cm³/mol. The van der Waals surface area contributed by atoms with Crippen molar-refractivity contribution in [2.24, 2.45) is 5.73 Å². The second-order valence-electron chi connectivity index (χ2n) is 3.34. The third-order valence-electron chi connectivity index (χ3n) is 2.43. The number of thiol groups is 1. The van der Waals surface area contributed by atoms with Gasteiger partial charge < -0.3 is 5.73 Å². The highest BCUT2D eigenvalue weighted by Gasteiger charge is 2.27. The Labute approximate surface area is 94.3 Å². The highest BCUT2D eigenvalue weighted by Crippen LogP contribution is 2.36. The van der Waals surface area contributed by atoms with Gasteiger partial charge in [0.05, 0.1) is 4.90 Å². The number of sulfone groups is 1. The lowest BCUT2D eigenvalue weighted by molar-refractivity contribution is 0.605. The molecule has 80 valence electrons. The van der Waals surface area contributed by atoms with Gasteiger partial charge in [0.15, 0.2) is 0 Å². The van der Waals surface area contributed by atoms with E-state index in [4.69, 9.17) is 5.73 Å². The Morgan fingerprint density at radius 3 is 2.67 bits per heavy atom. The lowest BCUT2D eigenvalue weighted by atomic mass is 10.0. The van der Waals surface area contributed by atoms with Gasteiger partial charge in [-0.25, -0.2) is 8.42 Å². The zero-order valence-electron chi connectivity index (χ0n) is 7.97. The topological polar surface area (TPSA) is 60.2 Å². The van der Waals surface area contributed by atoms with Gasteiger partial charge in [0.1, 0.15) is 0 Å². The van der Waals surface area contributed by atoms with Gasteiger partial charge >= 0.3 is 0 Å². The first-order valence-electron chi connectivity index (χ1n) is 4.49. The van der Waals surface area contributed by atoms with Crippen molar-refractivity contribution >= 4 is 28.0 Å². The first-order valence-corrected chi connectivity index (χ1v) is 6.67. The maximum absolute atomic E-state index is 11.7. The minimum absolute atomic E-state index is 0.337. The fourth-order valence-electron chi connectivity index (χ4n) is 1.77. The summed E-state index contributed by atoms with van der Waals surface area (Å²) in [7, 11) is -3.27. The largest absolute Gasteiger partial charge is 0.326 e. The normalized spacial score (nSPS) is 17.3. The molecule has 1 aliphatic heterocycles. The summed E-state index contributed by atoms with van der Waals surface area (Å²) in [5.41, 5.74) is 7.91. The average molecular weight is 241 g/mol. The summed E-state index contributed by atoms with van der Waals surface area (Å²) >= 11 is 4.13. The molecule has 1 aliphatic rings. The molecule has 2 rings (SSSR count). The van der Waals surface area contributed by atoms with Gasteiger partial charge in [-0.15, -0.1) is 0 Å². The average Bonchev–Trinajstić information content (AvgIpc) is 2.50. The molecule has 0 spiro atoms. The van der Waals surface area contributed by atoms with Gasteiger partial charge in [0.2, 0.25) is 9.84 Å². The highest BCUT2D eigenvalue weighted by molar-refractivity contribution is 7.95. The van der Waals surface area contributed by atoms with Crippen LogP contribution in [0.1, 0.15) is 11.1 Å². The molecule has 0 amide bonds. The summed E-state index contributed by atoms with van der Waals surface area (Å²) in [6.45, 7) is 0.337. The lowest BCUT2D eigenvalue weighted by Gasteiger charge is -2.07. The van der Waals surface area contributed by atoms with E-state index in [1.165, 1.54) is 5.41 Å². The SMILES string of the molecule is NCc1cccc2c1C(CS)=CS2(=O)=O.